The van der Waals surface area contributed by atoms with Crippen molar-refractivity contribution in [2.45, 2.75) is 17.6 Å². The molecular weight excluding hydrogens is 352 g/mol. The van der Waals surface area contributed by atoms with Crippen molar-refractivity contribution in [3.63, 3.8) is 0 Å². The molecule has 1 aliphatic rings. The predicted octanol–water partition coefficient (Wildman–Crippen LogP) is 0.626. The van der Waals surface area contributed by atoms with E-state index in [1.54, 1.807) is 10.7 Å². The van der Waals surface area contributed by atoms with Gasteiger partial charge >= 0.3 is 0 Å². The van der Waals surface area contributed by atoms with Gasteiger partial charge in [-0.3, -0.25) is 4.68 Å². The molecule has 1 aliphatic carbocycles. The number of H-pyrrole nitrogens is 1. The van der Waals surface area contributed by atoms with E-state index in [2.05, 4.69) is 27.2 Å². The van der Waals surface area contributed by atoms with Crippen molar-refractivity contribution in [3.8, 4) is 17.1 Å². The Balaban J connectivity index is 1.57. The zero-order valence-corrected chi connectivity index (χ0v) is 15.2. The van der Waals surface area contributed by atoms with E-state index >= 15 is 0 Å². The molecule has 0 amide bonds. The minimum atomic E-state index is -3.31. The summed E-state index contributed by atoms with van der Waals surface area (Å²) in [6, 6.07) is 7.09. The summed E-state index contributed by atoms with van der Waals surface area (Å²) in [5, 5.41) is 6.56. The Labute approximate surface area is 150 Å². The van der Waals surface area contributed by atoms with Gasteiger partial charge in [0.1, 0.15) is 17.5 Å². The number of fused-ring (bicyclic) bond motifs is 1. The molecule has 3 aromatic rings. The van der Waals surface area contributed by atoms with Crippen LogP contribution in [-0.2, 0) is 16.9 Å². The van der Waals surface area contributed by atoms with Gasteiger partial charge in [-0.25, -0.2) is 13.4 Å². The molecule has 0 radical (unpaired) electrons. The molecule has 26 heavy (non-hydrogen) atoms. The summed E-state index contributed by atoms with van der Waals surface area (Å²) in [7, 11) is -1.42. The van der Waals surface area contributed by atoms with Gasteiger partial charge in [0.15, 0.2) is 14.9 Å². The van der Waals surface area contributed by atoms with Crippen molar-refractivity contribution in [3.05, 3.63) is 47.2 Å². The van der Waals surface area contributed by atoms with Crippen LogP contribution in [0.15, 0.2) is 41.7 Å². The minimum absolute atomic E-state index is 0.0389. The number of hydrogen-bond donors (Lipinski definition) is 1. The molecule has 3 heterocycles. The summed E-state index contributed by atoms with van der Waals surface area (Å²) in [6.45, 7) is 0. The second kappa shape index (κ2) is 6.14. The van der Waals surface area contributed by atoms with E-state index < -0.39 is 9.84 Å². The summed E-state index contributed by atoms with van der Waals surface area (Å²) in [5.74, 6) is 0.538. The number of aryl methyl sites for hydroxylation is 1. The Hall–Kier alpha value is -2.87. The van der Waals surface area contributed by atoms with Gasteiger partial charge < -0.3 is 9.72 Å². The highest BCUT2D eigenvalue weighted by atomic mass is 32.2. The number of nitrogens with zero attached hydrogens (tertiary/aromatic N) is 3. The molecular formula is C18H18N4O3S. The highest BCUT2D eigenvalue weighted by Gasteiger charge is 2.14. The molecule has 1 N–H and O–H groups in total. The zero-order valence-electron chi connectivity index (χ0n) is 14.4. The second-order valence-corrected chi connectivity index (χ2v) is 8.26. The van der Waals surface area contributed by atoms with Crippen LogP contribution in [0.4, 0.5) is 0 Å². The molecule has 0 spiro atoms. The Morgan fingerprint density at radius 1 is 1.31 bits per heavy atom. The molecule has 7 nitrogen and oxygen atoms in total. The summed E-state index contributed by atoms with van der Waals surface area (Å²) in [5.41, 5.74) is 1.85. The van der Waals surface area contributed by atoms with Crippen LogP contribution in [0.1, 0.15) is 6.42 Å². The number of pyridine rings is 1. The normalized spacial score (nSPS) is 16.5. The van der Waals surface area contributed by atoms with Gasteiger partial charge in [-0.1, -0.05) is 6.08 Å². The fourth-order valence-corrected chi connectivity index (χ4v) is 3.46. The van der Waals surface area contributed by atoms with Crippen LogP contribution in [-0.4, -0.2) is 40.5 Å². The van der Waals surface area contributed by atoms with Crippen LogP contribution in [0, 0.1) is 0 Å². The fraction of sp³-hybridized carbons (Fsp3) is 0.222. The van der Waals surface area contributed by atoms with E-state index in [1.807, 2.05) is 25.4 Å². The van der Waals surface area contributed by atoms with Gasteiger partial charge in [0.2, 0.25) is 0 Å². The standard InChI is InChI=1S/C18H18N4O3S/c1-22-8-7-16(21-22)17-10-12-9-13(3-5-15(12)20-17)25-14-4-6-18(19-11-14)26(2,23)24/h4-11,13,20H,3H2,1-2H3. The molecule has 1 atom stereocenters. The lowest BCUT2D eigenvalue weighted by atomic mass is 10.1. The molecule has 0 aromatic carbocycles. The highest BCUT2D eigenvalue weighted by molar-refractivity contribution is 7.90. The van der Waals surface area contributed by atoms with Crippen LogP contribution < -0.4 is 15.3 Å². The summed E-state index contributed by atoms with van der Waals surface area (Å²) >= 11 is 0. The minimum Gasteiger partial charge on any atom is -0.484 e. The van der Waals surface area contributed by atoms with E-state index in [0.717, 1.165) is 28.2 Å². The van der Waals surface area contributed by atoms with Gasteiger partial charge in [-0.05, 0) is 35.6 Å². The first-order valence-electron chi connectivity index (χ1n) is 8.12. The van der Waals surface area contributed by atoms with E-state index in [0.29, 0.717) is 12.2 Å². The van der Waals surface area contributed by atoms with Crippen LogP contribution in [0.5, 0.6) is 5.75 Å². The third kappa shape index (κ3) is 3.28. The predicted molar refractivity (Wildman–Crippen MR) is 97.6 cm³/mol. The number of nitrogens with one attached hydrogen (secondary N) is 1. The molecule has 134 valence electrons. The molecule has 4 rings (SSSR count). The molecule has 0 saturated carbocycles. The van der Waals surface area contributed by atoms with Crippen LogP contribution >= 0.6 is 0 Å². The lowest BCUT2D eigenvalue weighted by Gasteiger charge is -2.15. The van der Waals surface area contributed by atoms with Gasteiger partial charge in [-0.15, -0.1) is 0 Å². The first-order chi connectivity index (χ1) is 12.4. The second-order valence-electron chi connectivity index (χ2n) is 6.29. The molecule has 0 aliphatic heterocycles. The first-order valence-corrected chi connectivity index (χ1v) is 10.0. The van der Waals surface area contributed by atoms with Crippen molar-refractivity contribution in [1.82, 2.24) is 19.7 Å². The van der Waals surface area contributed by atoms with Gasteiger partial charge in [0.05, 0.1) is 11.9 Å². The van der Waals surface area contributed by atoms with Crippen LogP contribution in [0.3, 0.4) is 0 Å². The maximum Gasteiger partial charge on any atom is 0.192 e. The number of aromatic nitrogens is 4. The maximum atomic E-state index is 11.5. The first kappa shape index (κ1) is 16.6. The zero-order chi connectivity index (χ0) is 18.3. The molecule has 1 unspecified atom stereocenters. The van der Waals surface area contributed by atoms with E-state index in [1.165, 1.54) is 12.3 Å². The third-order valence-corrected chi connectivity index (χ3v) is 5.17. The molecule has 3 aromatic heterocycles. The fourth-order valence-electron chi connectivity index (χ4n) is 2.91. The maximum absolute atomic E-state index is 11.5. The topological polar surface area (TPSA) is 89.9 Å². The largest absolute Gasteiger partial charge is 0.484 e. The third-order valence-electron chi connectivity index (χ3n) is 4.17. The summed E-state index contributed by atoms with van der Waals surface area (Å²) < 4.78 is 30.6. The van der Waals surface area contributed by atoms with Crippen molar-refractivity contribution >= 4 is 22.0 Å². The number of ether oxygens (including phenoxy) is 1. The smallest absolute Gasteiger partial charge is 0.192 e. The van der Waals surface area contributed by atoms with Crippen LogP contribution in [0.2, 0.25) is 0 Å². The molecule has 0 bridgehead atoms. The molecule has 0 fully saturated rings. The van der Waals surface area contributed by atoms with E-state index in [9.17, 15) is 8.42 Å². The Bertz CT molecular complexity index is 1170. The van der Waals surface area contributed by atoms with Crippen molar-refractivity contribution in [2.75, 3.05) is 6.26 Å². The van der Waals surface area contributed by atoms with E-state index in [-0.39, 0.29) is 11.1 Å². The Kier molecular flexibility index (Phi) is 3.91. The summed E-state index contributed by atoms with van der Waals surface area (Å²) in [4.78, 5) is 7.33. The van der Waals surface area contributed by atoms with Gasteiger partial charge in [0, 0.05) is 31.3 Å². The average molecular weight is 370 g/mol. The molecule has 0 saturated heterocycles. The Morgan fingerprint density at radius 2 is 2.15 bits per heavy atom. The SMILES string of the molecule is Cn1ccc(-c2cc3c([nH]2)=CCC(Oc2ccc(S(C)(=O)=O)nc2)C=3)n1. The number of rotatable bonds is 4. The average Bonchev–Trinajstić information content (AvgIpc) is 3.20. The van der Waals surface area contributed by atoms with Gasteiger partial charge in [-0.2, -0.15) is 5.10 Å². The summed E-state index contributed by atoms with van der Waals surface area (Å²) in [6.07, 6.45) is 9.18. The van der Waals surface area contributed by atoms with Crippen molar-refractivity contribution in [1.29, 1.82) is 0 Å². The number of hydrogen-bond acceptors (Lipinski definition) is 5. The highest BCUT2D eigenvalue weighted by Crippen LogP contribution is 2.17. The van der Waals surface area contributed by atoms with Crippen LogP contribution in [0.25, 0.3) is 23.5 Å². The lowest BCUT2D eigenvalue weighted by molar-refractivity contribution is 0.268. The Morgan fingerprint density at radius 3 is 2.81 bits per heavy atom. The molecule has 8 heteroatoms. The number of sulfone groups is 1. The van der Waals surface area contributed by atoms with Gasteiger partial charge in [0.25, 0.3) is 0 Å². The quantitative estimate of drug-likeness (QED) is 0.727. The van der Waals surface area contributed by atoms with Crippen molar-refractivity contribution in [2.24, 2.45) is 7.05 Å². The number of aromatic amines is 1. The van der Waals surface area contributed by atoms with Crippen molar-refractivity contribution < 1.29 is 13.2 Å². The van der Waals surface area contributed by atoms with E-state index in [4.69, 9.17) is 4.74 Å². The lowest BCUT2D eigenvalue weighted by Crippen LogP contribution is -2.31. The monoisotopic (exact) mass is 370 g/mol.